The number of amides is 1. The standard InChI is InChI=1S/C16H14ClN5O/c17-13-8-6-12(7-9-13)16-19-21-22(20-16)11-10-15(23)18-14-4-2-1-3-5-14/h1-9H,10-11H2,(H,18,23). The summed E-state index contributed by atoms with van der Waals surface area (Å²) in [5.41, 5.74) is 1.60. The van der Waals surface area contributed by atoms with Crippen molar-refractivity contribution in [2.75, 3.05) is 5.32 Å². The predicted octanol–water partition coefficient (Wildman–Crippen LogP) is 3.02. The van der Waals surface area contributed by atoms with Crippen molar-refractivity contribution in [2.45, 2.75) is 13.0 Å². The van der Waals surface area contributed by atoms with E-state index >= 15 is 0 Å². The minimum atomic E-state index is -0.0958. The lowest BCUT2D eigenvalue weighted by atomic mass is 10.2. The highest BCUT2D eigenvalue weighted by Crippen LogP contribution is 2.17. The summed E-state index contributed by atoms with van der Waals surface area (Å²) >= 11 is 5.85. The van der Waals surface area contributed by atoms with Gasteiger partial charge in [0.2, 0.25) is 11.7 Å². The maximum atomic E-state index is 11.9. The van der Waals surface area contributed by atoms with E-state index in [2.05, 4.69) is 20.7 Å². The summed E-state index contributed by atoms with van der Waals surface area (Å²) in [6, 6.07) is 16.5. The van der Waals surface area contributed by atoms with Crippen LogP contribution in [0.4, 0.5) is 5.69 Å². The van der Waals surface area contributed by atoms with Gasteiger partial charge in [0, 0.05) is 22.7 Å². The van der Waals surface area contributed by atoms with Crippen molar-refractivity contribution in [2.24, 2.45) is 0 Å². The number of tetrazole rings is 1. The first-order valence-electron chi connectivity index (χ1n) is 7.09. The van der Waals surface area contributed by atoms with E-state index in [1.165, 1.54) is 4.80 Å². The SMILES string of the molecule is O=C(CCn1nnc(-c2ccc(Cl)cc2)n1)Nc1ccccc1. The van der Waals surface area contributed by atoms with Gasteiger partial charge in [-0.25, -0.2) is 0 Å². The van der Waals surface area contributed by atoms with Crippen LogP contribution >= 0.6 is 11.6 Å². The Bertz CT molecular complexity index is 786. The Balaban J connectivity index is 1.57. The van der Waals surface area contributed by atoms with Gasteiger partial charge < -0.3 is 5.32 Å². The van der Waals surface area contributed by atoms with Gasteiger partial charge in [-0.1, -0.05) is 29.8 Å². The highest BCUT2D eigenvalue weighted by molar-refractivity contribution is 6.30. The highest BCUT2D eigenvalue weighted by Gasteiger charge is 2.08. The topological polar surface area (TPSA) is 72.7 Å². The fourth-order valence-corrected chi connectivity index (χ4v) is 2.12. The normalized spacial score (nSPS) is 10.5. The number of para-hydroxylation sites is 1. The van der Waals surface area contributed by atoms with Gasteiger partial charge in [-0.05, 0) is 41.6 Å². The Labute approximate surface area is 138 Å². The van der Waals surface area contributed by atoms with Crippen LogP contribution in [0.2, 0.25) is 5.02 Å². The molecule has 0 spiro atoms. The van der Waals surface area contributed by atoms with Crippen LogP contribution in [0.3, 0.4) is 0 Å². The van der Waals surface area contributed by atoms with E-state index in [0.29, 0.717) is 17.4 Å². The molecule has 1 amide bonds. The number of anilines is 1. The van der Waals surface area contributed by atoms with Crippen molar-refractivity contribution < 1.29 is 4.79 Å². The molecule has 3 rings (SSSR count). The smallest absolute Gasteiger partial charge is 0.226 e. The lowest BCUT2D eigenvalue weighted by Crippen LogP contribution is -2.15. The van der Waals surface area contributed by atoms with Crippen LogP contribution in [0.1, 0.15) is 6.42 Å². The number of nitrogens with one attached hydrogen (secondary N) is 1. The van der Waals surface area contributed by atoms with Gasteiger partial charge in [0.15, 0.2) is 0 Å². The Hall–Kier alpha value is -2.73. The van der Waals surface area contributed by atoms with Crippen LogP contribution in [-0.4, -0.2) is 26.1 Å². The van der Waals surface area contributed by atoms with E-state index in [4.69, 9.17) is 11.6 Å². The molecule has 0 aliphatic heterocycles. The molecule has 0 saturated carbocycles. The van der Waals surface area contributed by atoms with Gasteiger partial charge >= 0.3 is 0 Å². The molecule has 1 heterocycles. The molecule has 7 heteroatoms. The van der Waals surface area contributed by atoms with Gasteiger partial charge in [-0.2, -0.15) is 4.80 Å². The molecule has 0 bridgehead atoms. The van der Waals surface area contributed by atoms with Gasteiger partial charge in [0.1, 0.15) is 0 Å². The number of carbonyl (C=O) groups excluding carboxylic acids is 1. The third-order valence-corrected chi connectivity index (χ3v) is 3.40. The number of nitrogens with zero attached hydrogens (tertiary/aromatic N) is 4. The van der Waals surface area contributed by atoms with E-state index < -0.39 is 0 Å². The Morgan fingerprint density at radius 1 is 1.09 bits per heavy atom. The molecule has 23 heavy (non-hydrogen) atoms. The first-order chi connectivity index (χ1) is 11.2. The molecule has 116 valence electrons. The summed E-state index contributed by atoms with van der Waals surface area (Å²) in [7, 11) is 0. The number of aromatic nitrogens is 4. The second kappa shape index (κ2) is 7.02. The van der Waals surface area contributed by atoms with Crippen LogP contribution in [0.25, 0.3) is 11.4 Å². The zero-order chi connectivity index (χ0) is 16.1. The molecule has 2 aromatic carbocycles. The monoisotopic (exact) mass is 327 g/mol. The summed E-state index contributed by atoms with van der Waals surface area (Å²) < 4.78 is 0. The molecular formula is C16H14ClN5O. The summed E-state index contributed by atoms with van der Waals surface area (Å²) in [6.07, 6.45) is 0.269. The molecule has 0 radical (unpaired) electrons. The van der Waals surface area contributed by atoms with Crippen molar-refractivity contribution in [1.82, 2.24) is 20.2 Å². The maximum absolute atomic E-state index is 11.9. The Morgan fingerprint density at radius 2 is 1.83 bits per heavy atom. The number of halogens is 1. The fourth-order valence-electron chi connectivity index (χ4n) is 2.00. The molecule has 0 unspecified atom stereocenters. The molecule has 0 saturated heterocycles. The average Bonchev–Trinajstić information content (AvgIpc) is 3.04. The summed E-state index contributed by atoms with van der Waals surface area (Å²) in [6.45, 7) is 0.360. The van der Waals surface area contributed by atoms with E-state index in [9.17, 15) is 4.79 Å². The number of hydrogen-bond acceptors (Lipinski definition) is 4. The van der Waals surface area contributed by atoms with Crippen molar-refractivity contribution in [3.8, 4) is 11.4 Å². The van der Waals surface area contributed by atoms with E-state index in [0.717, 1.165) is 11.3 Å². The van der Waals surface area contributed by atoms with Crippen LogP contribution in [-0.2, 0) is 11.3 Å². The van der Waals surface area contributed by atoms with Gasteiger partial charge in [0.05, 0.1) is 6.54 Å². The molecule has 0 atom stereocenters. The summed E-state index contributed by atoms with van der Waals surface area (Å²) in [5.74, 6) is 0.409. The van der Waals surface area contributed by atoms with Crippen molar-refractivity contribution in [3.63, 3.8) is 0 Å². The molecule has 1 aromatic heterocycles. The highest BCUT2D eigenvalue weighted by atomic mass is 35.5. The number of carbonyl (C=O) groups is 1. The third kappa shape index (κ3) is 4.14. The molecular weight excluding hydrogens is 314 g/mol. The van der Waals surface area contributed by atoms with Crippen LogP contribution in [0.15, 0.2) is 54.6 Å². The zero-order valence-electron chi connectivity index (χ0n) is 12.2. The van der Waals surface area contributed by atoms with Gasteiger partial charge in [-0.15, -0.1) is 10.2 Å². The molecule has 0 aliphatic carbocycles. The zero-order valence-corrected chi connectivity index (χ0v) is 12.9. The Morgan fingerprint density at radius 3 is 2.57 bits per heavy atom. The molecule has 3 aromatic rings. The number of benzene rings is 2. The molecule has 0 aliphatic rings. The van der Waals surface area contributed by atoms with Crippen LogP contribution in [0.5, 0.6) is 0 Å². The van der Waals surface area contributed by atoms with Crippen molar-refractivity contribution >= 4 is 23.2 Å². The summed E-state index contributed by atoms with van der Waals surface area (Å²) in [5, 5.41) is 15.7. The minimum absolute atomic E-state index is 0.0958. The van der Waals surface area contributed by atoms with Crippen molar-refractivity contribution in [3.05, 3.63) is 59.6 Å². The minimum Gasteiger partial charge on any atom is -0.326 e. The van der Waals surface area contributed by atoms with Gasteiger partial charge in [-0.3, -0.25) is 4.79 Å². The van der Waals surface area contributed by atoms with Crippen LogP contribution in [0, 0.1) is 0 Å². The number of hydrogen-bond donors (Lipinski definition) is 1. The third-order valence-electron chi connectivity index (χ3n) is 3.15. The first kappa shape index (κ1) is 15.2. The maximum Gasteiger partial charge on any atom is 0.226 e. The predicted molar refractivity (Wildman–Crippen MR) is 88.0 cm³/mol. The van der Waals surface area contributed by atoms with E-state index in [-0.39, 0.29) is 12.3 Å². The number of rotatable bonds is 5. The Kier molecular flexibility index (Phi) is 4.63. The quantitative estimate of drug-likeness (QED) is 0.781. The van der Waals surface area contributed by atoms with Gasteiger partial charge in [0.25, 0.3) is 0 Å². The summed E-state index contributed by atoms with van der Waals surface area (Å²) in [4.78, 5) is 13.3. The molecule has 0 fully saturated rings. The van der Waals surface area contributed by atoms with Crippen molar-refractivity contribution in [1.29, 1.82) is 0 Å². The second-order valence-corrected chi connectivity index (χ2v) is 5.32. The lowest BCUT2D eigenvalue weighted by molar-refractivity contribution is -0.116. The van der Waals surface area contributed by atoms with E-state index in [1.807, 2.05) is 42.5 Å². The molecule has 6 nitrogen and oxygen atoms in total. The second-order valence-electron chi connectivity index (χ2n) is 4.88. The lowest BCUT2D eigenvalue weighted by Gasteiger charge is -2.03. The van der Waals surface area contributed by atoms with Crippen LogP contribution < -0.4 is 5.32 Å². The largest absolute Gasteiger partial charge is 0.326 e. The van der Waals surface area contributed by atoms with E-state index in [1.54, 1.807) is 12.1 Å². The number of aryl methyl sites for hydroxylation is 1. The molecule has 1 N–H and O–H groups in total. The fraction of sp³-hybridized carbons (Fsp3) is 0.125. The average molecular weight is 328 g/mol. The first-order valence-corrected chi connectivity index (χ1v) is 7.47.